The fraction of sp³-hybridized carbons (Fsp3) is 0. The molecule has 0 aliphatic carbocycles. The minimum atomic E-state index is 0.932. The number of benzene rings is 8. The van der Waals surface area contributed by atoms with E-state index in [-0.39, 0.29) is 0 Å². The van der Waals surface area contributed by atoms with Crippen LogP contribution >= 0.6 is 0 Å². The highest BCUT2D eigenvalue weighted by Gasteiger charge is 2.17. The number of rotatable bonds is 3. The summed E-state index contributed by atoms with van der Waals surface area (Å²) in [4.78, 5) is 14.9. The second-order valence-corrected chi connectivity index (χ2v) is 13.6. The first-order valence-corrected chi connectivity index (χ1v) is 17.7. The number of pyridine rings is 3. The summed E-state index contributed by atoms with van der Waals surface area (Å²) in [6.45, 7) is 0. The Balaban J connectivity index is 1.04. The van der Waals surface area contributed by atoms with Crippen LogP contribution in [0.2, 0.25) is 0 Å². The molecule has 0 N–H and O–H groups in total. The van der Waals surface area contributed by atoms with Crippen LogP contribution in [0.4, 0.5) is 0 Å². The maximum absolute atomic E-state index is 5.51. The smallest absolute Gasteiger partial charge is 0.0970 e. The van der Waals surface area contributed by atoms with Crippen LogP contribution in [0.3, 0.4) is 0 Å². The van der Waals surface area contributed by atoms with E-state index in [2.05, 4.69) is 163 Å². The van der Waals surface area contributed by atoms with Gasteiger partial charge in [0.1, 0.15) is 0 Å². The van der Waals surface area contributed by atoms with Crippen molar-refractivity contribution in [2.75, 3.05) is 0 Å². The number of fused-ring (bicyclic) bond motifs is 12. The van der Waals surface area contributed by atoms with Crippen molar-refractivity contribution < 1.29 is 0 Å². The van der Waals surface area contributed by atoms with Gasteiger partial charge in [-0.3, -0.25) is 9.97 Å². The molecule has 0 aliphatic rings. The predicted octanol–water partition coefficient (Wildman–Crippen LogP) is 12.9. The van der Waals surface area contributed by atoms with Gasteiger partial charge in [0.15, 0.2) is 0 Å². The van der Waals surface area contributed by atoms with Crippen molar-refractivity contribution in [3.63, 3.8) is 0 Å². The Morgan fingerprint density at radius 3 is 1.75 bits per heavy atom. The third kappa shape index (κ3) is 4.36. The summed E-state index contributed by atoms with van der Waals surface area (Å²) in [6, 6.07) is 58.9. The normalized spacial score (nSPS) is 11.8. The standard InChI is InChI=1S/C49H29N3/c1-3-14-40-38(12-1)39-13-2-5-16-42(39)48-45(40)41-15-4-6-17-43(41)46(52-48)36-10-7-9-31(29-36)32-18-19-34-28-35(21-20-33(34)27-32)37-24-26-51-49-44(37)23-22-30-11-8-25-50-47(30)49/h1-29H. The maximum Gasteiger partial charge on any atom is 0.0970 e. The van der Waals surface area contributed by atoms with Crippen LogP contribution in [0.1, 0.15) is 0 Å². The fourth-order valence-electron chi connectivity index (χ4n) is 8.26. The molecule has 0 atom stereocenters. The average Bonchev–Trinajstić information content (AvgIpc) is 3.22. The second kappa shape index (κ2) is 11.3. The van der Waals surface area contributed by atoms with Gasteiger partial charge in [0, 0.05) is 44.9 Å². The van der Waals surface area contributed by atoms with Crippen molar-refractivity contribution in [1.82, 2.24) is 15.0 Å². The SMILES string of the molecule is c1cc(-c2ccc3cc(-c4ccnc5c4ccc4cccnc45)ccc3c2)cc(-c2nc3c4ccccc4c4ccccc4c3c3ccccc23)c1. The zero-order valence-corrected chi connectivity index (χ0v) is 28.1. The second-order valence-electron chi connectivity index (χ2n) is 13.6. The van der Waals surface area contributed by atoms with E-state index in [0.29, 0.717) is 0 Å². The highest BCUT2D eigenvalue weighted by atomic mass is 14.7. The van der Waals surface area contributed by atoms with E-state index in [0.717, 1.165) is 55.1 Å². The zero-order valence-electron chi connectivity index (χ0n) is 28.1. The van der Waals surface area contributed by atoms with E-state index in [4.69, 9.17) is 9.97 Å². The van der Waals surface area contributed by atoms with E-state index in [1.54, 1.807) is 0 Å². The van der Waals surface area contributed by atoms with Gasteiger partial charge in [-0.05, 0) is 84.9 Å². The molecule has 11 aromatic rings. The summed E-state index contributed by atoms with van der Waals surface area (Å²) in [6.07, 6.45) is 3.73. The minimum absolute atomic E-state index is 0.932. The Morgan fingerprint density at radius 2 is 0.923 bits per heavy atom. The highest BCUT2D eigenvalue weighted by molar-refractivity contribution is 6.31. The first-order valence-electron chi connectivity index (χ1n) is 17.7. The van der Waals surface area contributed by atoms with E-state index in [9.17, 15) is 0 Å². The van der Waals surface area contributed by atoms with E-state index >= 15 is 0 Å². The Morgan fingerprint density at radius 1 is 0.308 bits per heavy atom. The molecule has 240 valence electrons. The molecular formula is C49H29N3. The molecule has 0 aliphatic heterocycles. The highest BCUT2D eigenvalue weighted by Crippen LogP contribution is 2.41. The monoisotopic (exact) mass is 659 g/mol. The van der Waals surface area contributed by atoms with Crippen molar-refractivity contribution >= 4 is 75.8 Å². The molecule has 0 saturated carbocycles. The average molecular weight is 660 g/mol. The molecule has 0 bridgehead atoms. The molecule has 0 radical (unpaired) electrons. The van der Waals surface area contributed by atoms with Crippen LogP contribution in [-0.2, 0) is 0 Å². The van der Waals surface area contributed by atoms with Gasteiger partial charge < -0.3 is 0 Å². The molecule has 11 rings (SSSR count). The Bertz CT molecular complexity index is 3250. The topological polar surface area (TPSA) is 38.7 Å². The van der Waals surface area contributed by atoms with Gasteiger partial charge in [-0.15, -0.1) is 0 Å². The van der Waals surface area contributed by atoms with Crippen LogP contribution in [-0.4, -0.2) is 15.0 Å². The number of aromatic nitrogens is 3. The molecule has 0 unspecified atom stereocenters. The third-order valence-corrected chi connectivity index (χ3v) is 10.7. The molecule has 3 nitrogen and oxygen atoms in total. The Labute approximate surface area is 299 Å². The van der Waals surface area contributed by atoms with Gasteiger partial charge in [-0.25, -0.2) is 4.98 Å². The lowest BCUT2D eigenvalue weighted by Crippen LogP contribution is -1.93. The van der Waals surface area contributed by atoms with Gasteiger partial charge in [-0.1, -0.05) is 133 Å². The number of hydrogen-bond acceptors (Lipinski definition) is 3. The molecule has 3 heteroatoms. The van der Waals surface area contributed by atoms with Crippen LogP contribution in [0.15, 0.2) is 176 Å². The molecular weight excluding hydrogens is 631 g/mol. The van der Waals surface area contributed by atoms with E-state index in [1.165, 1.54) is 54.2 Å². The lowest BCUT2D eigenvalue weighted by Gasteiger charge is -2.15. The van der Waals surface area contributed by atoms with Crippen molar-refractivity contribution in [3.8, 4) is 33.5 Å². The zero-order chi connectivity index (χ0) is 34.2. The van der Waals surface area contributed by atoms with Crippen molar-refractivity contribution in [3.05, 3.63) is 176 Å². The fourth-order valence-corrected chi connectivity index (χ4v) is 8.26. The molecule has 0 saturated heterocycles. The predicted molar refractivity (Wildman–Crippen MR) is 219 cm³/mol. The molecule has 0 fully saturated rings. The van der Waals surface area contributed by atoms with Crippen molar-refractivity contribution in [2.24, 2.45) is 0 Å². The van der Waals surface area contributed by atoms with Gasteiger partial charge in [0.2, 0.25) is 0 Å². The van der Waals surface area contributed by atoms with Crippen LogP contribution in [0, 0.1) is 0 Å². The molecule has 3 aromatic heterocycles. The first kappa shape index (κ1) is 28.8. The van der Waals surface area contributed by atoms with E-state index < -0.39 is 0 Å². The minimum Gasteiger partial charge on any atom is -0.254 e. The van der Waals surface area contributed by atoms with Crippen molar-refractivity contribution in [1.29, 1.82) is 0 Å². The molecule has 0 amide bonds. The van der Waals surface area contributed by atoms with Crippen LogP contribution in [0.25, 0.3) is 109 Å². The molecule has 3 heterocycles. The quantitative estimate of drug-likeness (QED) is 0.177. The van der Waals surface area contributed by atoms with Crippen LogP contribution in [0.5, 0.6) is 0 Å². The molecule has 0 spiro atoms. The summed E-state index contributed by atoms with van der Waals surface area (Å²) in [5.74, 6) is 0. The summed E-state index contributed by atoms with van der Waals surface area (Å²) in [7, 11) is 0. The van der Waals surface area contributed by atoms with Gasteiger partial charge >= 0.3 is 0 Å². The first-order chi connectivity index (χ1) is 25.8. The van der Waals surface area contributed by atoms with Gasteiger partial charge in [-0.2, -0.15) is 0 Å². The third-order valence-electron chi connectivity index (χ3n) is 10.7. The summed E-state index contributed by atoms with van der Waals surface area (Å²) >= 11 is 0. The van der Waals surface area contributed by atoms with Gasteiger partial charge in [0.05, 0.1) is 22.2 Å². The lowest BCUT2D eigenvalue weighted by atomic mass is 9.91. The lowest BCUT2D eigenvalue weighted by molar-refractivity contribution is 1.37. The Hall–Kier alpha value is -6.97. The maximum atomic E-state index is 5.51. The molecule has 8 aromatic carbocycles. The summed E-state index contributed by atoms with van der Waals surface area (Å²) in [5, 5.41) is 13.1. The van der Waals surface area contributed by atoms with E-state index in [1.807, 2.05) is 18.5 Å². The number of nitrogens with zero attached hydrogens (tertiary/aromatic N) is 3. The summed E-state index contributed by atoms with van der Waals surface area (Å²) in [5.41, 5.74) is 9.68. The largest absolute Gasteiger partial charge is 0.254 e. The summed E-state index contributed by atoms with van der Waals surface area (Å²) < 4.78 is 0. The van der Waals surface area contributed by atoms with Crippen LogP contribution < -0.4 is 0 Å². The number of hydrogen-bond donors (Lipinski definition) is 0. The van der Waals surface area contributed by atoms with Crippen molar-refractivity contribution in [2.45, 2.75) is 0 Å². The molecule has 52 heavy (non-hydrogen) atoms. The van der Waals surface area contributed by atoms with Gasteiger partial charge in [0.25, 0.3) is 0 Å². The Kier molecular flexibility index (Phi) is 6.25.